The monoisotopic (exact) mass is 278 g/mol. The molecule has 0 aliphatic rings. The molecule has 19 heavy (non-hydrogen) atoms. The molecule has 0 fully saturated rings. The van der Waals surface area contributed by atoms with Crippen LogP contribution in [-0.4, -0.2) is 23.6 Å². The Morgan fingerprint density at radius 3 is 2.74 bits per heavy atom. The van der Waals surface area contributed by atoms with Crippen LogP contribution in [0.15, 0.2) is 30.3 Å². The summed E-state index contributed by atoms with van der Waals surface area (Å²) in [6, 6.07) is 11.5. The number of benzene rings is 1. The minimum absolute atomic E-state index is 0.205. The van der Waals surface area contributed by atoms with E-state index in [4.69, 9.17) is 10.00 Å². The first-order valence-corrected chi connectivity index (χ1v) is 7.38. The average Bonchev–Trinajstić information content (AvgIpc) is 2.44. The number of rotatable bonds is 6. The molecule has 1 N–H and O–H groups in total. The molecule has 0 radical (unpaired) electrons. The number of nitrogens with one attached hydrogen (secondary N) is 1. The molecule has 4 nitrogen and oxygen atoms in total. The van der Waals surface area contributed by atoms with Crippen LogP contribution < -0.4 is 5.32 Å². The number of thioether (sulfide) groups is 1. The fourth-order valence-corrected chi connectivity index (χ4v) is 2.05. The van der Waals surface area contributed by atoms with E-state index >= 15 is 0 Å². The molecule has 1 aromatic rings. The van der Waals surface area contributed by atoms with Crippen molar-refractivity contribution in [3.63, 3.8) is 0 Å². The maximum absolute atomic E-state index is 11.7. The van der Waals surface area contributed by atoms with E-state index in [-0.39, 0.29) is 6.61 Å². The van der Waals surface area contributed by atoms with Crippen molar-refractivity contribution in [2.75, 3.05) is 12.0 Å². The lowest BCUT2D eigenvalue weighted by Crippen LogP contribution is -2.45. The molecule has 0 saturated carbocycles. The summed E-state index contributed by atoms with van der Waals surface area (Å²) in [4.78, 5) is 11.7. The van der Waals surface area contributed by atoms with Gasteiger partial charge >= 0.3 is 6.09 Å². The van der Waals surface area contributed by atoms with Crippen LogP contribution in [0.3, 0.4) is 0 Å². The van der Waals surface area contributed by atoms with E-state index in [0.29, 0.717) is 6.42 Å². The normalized spacial score (nSPS) is 13.1. The predicted molar refractivity (Wildman–Crippen MR) is 76.8 cm³/mol. The van der Waals surface area contributed by atoms with Crippen molar-refractivity contribution in [3.8, 4) is 6.07 Å². The molecule has 1 aromatic carbocycles. The minimum Gasteiger partial charge on any atom is -0.445 e. The summed E-state index contributed by atoms with van der Waals surface area (Å²) in [5, 5.41) is 11.7. The van der Waals surface area contributed by atoms with E-state index in [1.54, 1.807) is 18.7 Å². The van der Waals surface area contributed by atoms with Gasteiger partial charge in [-0.2, -0.15) is 17.0 Å². The van der Waals surface area contributed by atoms with Crippen molar-refractivity contribution in [3.05, 3.63) is 35.9 Å². The molecule has 1 unspecified atom stereocenters. The maximum Gasteiger partial charge on any atom is 0.408 e. The van der Waals surface area contributed by atoms with Gasteiger partial charge in [-0.05, 0) is 30.9 Å². The van der Waals surface area contributed by atoms with Crippen molar-refractivity contribution in [2.24, 2.45) is 0 Å². The number of nitrogens with zero attached hydrogens (tertiary/aromatic N) is 1. The Kier molecular flexibility index (Phi) is 6.23. The standard InChI is InChI=1S/C14H18N2O2S/c1-14(11-15,8-9-19-2)16-13(17)18-10-12-6-4-3-5-7-12/h3-7H,8-10H2,1-2H3,(H,16,17). The summed E-state index contributed by atoms with van der Waals surface area (Å²) in [5.74, 6) is 0.809. The van der Waals surface area contributed by atoms with Crippen LogP contribution in [0.4, 0.5) is 4.79 Å². The van der Waals surface area contributed by atoms with E-state index in [0.717, 1.165) is 11.3 Å². The molecular formula is C14H18N2O2S. The Morgan fingerprint density at radius 2 is 2.16 bits per heavy atom. The number of amides is 1. The fraction of sp³-hybridized carbons (Fsp3) is 0.429. The lowest BCUT2D eigenvalue weighted by atomic mass is 10.0. The molecule has 0 saturated heterocycles. The van der Waals surface area contributed by atoms with Gasteiger partial charge in [0.1, 0.15) is 12.1 Å². The first-order valence-electron chi connectivity index (χ1n) is 5.99. The largest absolute Gasteiger partial charge is 0.445 e. The van der Waals surface area contributed by atoms with E-state index in [9.17, 15) is 4.79 Å². The van der Waals surface area contributed by atoms with Gasteiger partial charge < -0.3 is 10.1 Å². The van der Waals surface area contributed by atoms with Crippen molar-refractivity contribution < 1.29 is 9.53 Å². The summed E-state index contributed by atoms with van der Waals surface area (Å²) in [6.07, 6.45) is 1.99. The molecule has 0 aliphatic heterocycles. The molecule has 0 bridgehead atoms. The van der Waals surface area contributed by atoms with Crippen LogP contribution >= 0.6 is 11.8 Å². The third kappa shape index (κ3) is 5.66. The molecule has 0 heterocycles. The van der Waals surface area contributed by atoms with E-state index < -0.39 is 11.6 Å². The van der Waals surface area contributed by atoms with Crippen molar-refractivity contribution in [2.45, 2.75) is 25.5 Å². The van der Waals surface area contributed by atoms with Gasteiger partial charge in [-0.15, -0.1) is 0 Å². The Labute approximate surface area is 118 Å². The van der Waals surface area contributed by atoms with Gasteiger partial charge in [0.05, 0.1) is 6.07 Å². The first kappa shape index (κ1) is 15.4. The van der Waals surface area contributed by atoms with E-state index in [2.05, 4.69) is 11.4 Å². The molecule has 0 aromatic heterocycles. The lowest BCUT2D eigenvalue weighted by Gasteiger charge is -2.22. The number of hydrogen-bond donors (Lipinski definition) is 1. The van der Waals surface area contributed by atoms with Crippen molar-refractivity contribution >= 4 is 17.9 Å². The minimum atomic E-state index is -0.878. The second kappa shape index (κ2) is 7.70. The molecule has 0 aliphatic carbocycles. The number of carbonyl (C=O) groups is 1. The van der Waals surface area contributed by atoms with Crippen LogP contribution in [0, 0.1) is 11.3 Å². The first-order chi connectivity index (χ1) is 9.09. The Hall–Kier alpha value is -1.67. The van der Waals surface area contributed by atoms with Crippen LogP contribution in [0.2, 0.25) is 0 Å². The Balaban J connectivity index is 2.43. The maximum atomic E-state index is 11.7. The number of nitriles is 1. The fourth-order valence-electron chi connectivity index (χ4n) is 1.44. The lowest BCUT2D eigenvalue weighted by molar-refractivity contribution is 0.132. The zero-order valence-corrected chi connectivity index (χ0v) is 12.0. The topological polar surface area (TPSA) is 62.1 Å². The zero-order chi connectivity index (χ0) is 14.1. The zero-order valence-electron chi connectivity index (χ0n) is 11.2. The molecule has 1 rings (SSSR count). The van der Waals surface area contributed by atoms with E-state index in [1.807, 2.05) is 36.6 Å². The summed E-state index contributed by atoms with van der Waals surface area (Å²) < 4.78 is 5.10. The quantitative estimate of drug-likeness (QED) is 0.869. The van der Waals surface area contributed by atoms with Gasteiger partial charge in [0, 0.05) is 0 Å². The molecule has 1 atom stereocenters. The van der Waals surface area contributed by atoms with Gasteiger partial charge in [-0.3, -0.25) is 0 Å². The van der Waals surface area contributed by atoms with Crippen LogP contribution in [-0.2, 0) is 11.3 Å². The number of hydrogen-bond acceptors (Lipinski definition) is 4. The average molecular weight is 278 g/mol. The van der Waals surface area contributed by atoms with Gasteiger partial charge in [0.15, 0.2) is 0 Å². The van der Waals surface area contributed by atoms with E-state index in [1.165, 1.54) is 0 Å². The van der Waals surface area contributed by atoms with Crippen LogP contribution in [0.5, 0.6) is 0 Å². The van der Waals surface area contributed by atoms with Crippen molar-refractivity contribution in [1.82, 2.24) is 5.32 Å². The number of ether oxygens (including phenoxy) is 1. The highest BCUT2D eigenvalue weighted by atomic mass is 32.2. The second-order valence-corrected chi connectivity index (χ2v) is 5.36. The van der Waals surface area contributed by atoms with Gasteiger partial charge in [-0.1, -0.05) is 30.3 Å². The molecule has 102 valence electrons. The highest BCUT2D eigenvalue weighted by Gasteiger charge is 2.26. The Morgan fingerprint density at radius 1 is 1.47 bits per heavy atom. The van der Waals surface area contributed by atoms with Crippen molar-refractivity contribution in [1.29, 1.82) is 5.26 Å². The SMILES string of the molecule is CSCCC(C)(C#N)NC(=O)OCc1ccccc1. The second-order valence-electron chi connectivity index (χ2n) is 4.37. The smallest absolute Gasteiger partial charge is 0.408 e. The third-order valence-electron chi connectivity index (χ3n) is 2.64. The summed E-state index contributed by atoms with van der Waals surface area (Å²) >= 11 is 1.64. The molecule has 5 heteroatoms. The number of carbonyl (C=O) groups excluding carboxylic acids is 1. The van der Waals surface area contributed by atoms with Crippen LogP contribution in [0.1, 0.15) is 18.9 Å². The molecular weight excluding hydrogens is 260 g/mol. The summed E-state index contributed by atoms with van der Waals surface area (Å²) in [6.45, 7) is 1.91. The van der Waals surface area contributed by atoms with Crippen LogP contribution in [0.25, 0.3) is 0 Å². The Bertz CT molecular complexity index is 445. The van der Waals surface area contributed by atoms with Gasteiger partial charge in [-0.25, -0.2) is 4.79 Å². The highest BCUT2D eigenvalue weighted by Crippen LogP contribution is 2.12. The van der Waals surface area contributed by atoms with Gasteiger partial charge in [0.25, 0.3) is 0 Å². The van der Waals surface area contributed by atoms with Gasteiger partial charge in [0.2, 0.25) is 0 Å². The predicted octanol–water partition coefficient (Wildman–Crippen LogP) is 2.95. The molecule has 0 spiro atoms. The molecule has 1 amide bonds. The summed E-state index contributed by atoms with van der Waals surface area (Å²) in [7, 11) is 0. The summed E-state index contributed by atoms with van der Waals surface area (Å²) in [5.41, 5.74) is 0.0389. The highest BCUT2D eigenvalue weighted by molar-refractivity contribution is 7.98. The third-order valence-corrected chi connectivity index (χ3v) is 3.26. The number of alkyl carbamates (subject to hydrolysis) is 1.